The zero-order chi connectivity index (χ0) is 23.5. The van der Waals surface area contributed by atoms with E-state index in [1.807, 2.05) is 13.8 Å². The molecule has 0 saturated carbocycles. The van der Waals surface area contributed by atoms with Crippen LogP contribution in [0.5, 0.6) is 5.88 Å². The Hall–Kier alpha value is -3.76. The van der Waals surface area contributed by atoms with Crippen LogP contribution >= 0.6 is 0 Å². The molecule has 0 spiro atoms. The second kappa shape index (κ2) is 9.16. The molecule has 3 aromatic heterocycles. The summed E-state index contributed by atoms with van der Waals surface area (Å²) in [7, 11) is 1.48. The van der Waals surface area contributed by atoms with Crippen molar-refractivity contribution in [1.82, 2.24) is 25.1 Å². The SMILES string of the molecule is COc1ccc(-c2cnc(NC(C)=O)cc2Nc2cc(C(C)C)nc(C(C)(F)F)n2)nn1. The van der Waals surface area contributed by atoms with Gasteiger partial charge in [-0.2, -0.15) is 8.78 Å². The van der Waals surface area contributed by atoms with E-state index < -0.39 is 11.7 Å². The van der Waals surface area contributed by atoms with Gasteiger partial charge in [-0.05, 0) is 12.0 Å². The van der Waals surface area contributed by atoms with Gasteiger partial charge in [0.2, 0.25) is 17.6 Å². The lowest BCUT2D eigenvalue weighted by Crippen LogP contribution is -2.16. The number of rotatable bonds is 7. The maximum atomic E-state index is 14.0. The average molecular weight is 443 g/mol. The summed E-state index contributed by atoms with van der Waals surface area (Å²) in [6, 6.07) is 6.47. The number of alkyl halides is 2. The number of anilines is 3. The molecule has 11 heteroatoms. The molecule has 0 atom stereocenters. The molecular weight excluding hydrogens is 420 g/mol. The Balaban J connectivity index is 2.10. The number of halogens is 2. The quantitative estimate of drug-likeness (QED) is 0.556. The Bertz CT molecular complexity index is 1120. The monoisotopic (exact) mass is 443 g/mol. The van der Waals surface area contributed by atoms with Gasteiger partial charge in [-0.3, -0.25) is 4.79 Å². The first-order valence-electron chi connectivity index (χ1n) is 9.77. The van der Waals surface area contributed by atoms with E-state index in [1.165, 1.54) is 20.2 Å². The van der Waals surface area contributed by atoms with Gasteiger partial charge in [0.1, 0.15) is 11.6 Å². The number of carbonyl (C=O) groups excluding carboxylic acids is 1. The molecule has 3 heterocycles. The number of pyridine rings is 1. The van der Waals surface area contributed by atoms with E-state index in [9.17, 15) is 13.6 Å². The number of ether oxygens (including phenoxy) is 1. The summed E-state index contributed by atoms with van der Waals surface area (Å²) in [5, 5.41) is 13.7. The van der Waals surface area contributed by atoms with Crippen LogP contribution in [0.25, 0.3) is 11.3 Å². The lowest BCUT2D eigenvalue weighted by atomic mass is 10.1. The number of carbonyl (C=O) groups is 1. The third-order valence-electron chi connectivity index (χ3n) is 4.33. The molecule has 2 N–H and O–H groups in total. The summed E-state index contributed by atoms with van der Waals surface area (Å²) in [6.45, 7) is 5.80. The van der Waals surface area contributed by atoms with E-state index in [0.717, 1.165) is 6.92 Å². The van der Waals surface area contributed by atoms with Crippen LogP contribution in [-0.4, -0.2) is 38.2 Å². The van der Waals surface area contributed by atoms with E-state index >= 15 is 0 Å². The van der Waals surface area contributed by atoms with E-state index in [-0.39, 0.29) is 23.5 Å². The molecule has 9 nitrogen and oxygen atoms in total. The van der Waals surface area contributed by atoms with Crippen molar-refractivity contribution in [3.8, 4) is 17.1 Å². The van der Waals surface area contributed by atoms with Crippen LogP contribution in [-0.2, 0) is 10.7 Å². The van der Waals surface area contributed by atoms with E-state index in [0.29, 0.717) is 28.5 Å². The minimum absolute atomic E-state index is 0.0982. The van der Waals surface area contributed by atoms with Crippen molar-refractivity contribution in [3.63, 3.8) is 0 Å². The molecule has 168 valence electrons. The topological polar surface area (TPSA) is 115 Å². The highest BCUT2D eigenvalue weighted by Crippen LogP contribution is 2.32. The predicted molar refractivity (Wildman–Crippen MR) is 115 cm³/mol. The zero-order valence-corrected chi connectivity index (χ0v) is 18.3. The average Bonchev–Trinajstić information content (AvgIpc) is 2.73. The molecule has 0 bridgehead atoms. The number of hydrogen-bond donors (Lipinski definition) is 2. The maximum absolute atomic E-state index is 14.0. The van der Waals surface area contributed by atoms with Crippen molar-refractivity contribution < 1.29 is 18.3 Å². The molecule has 0 saturated heterocycles. The van der Waals surface area contributed by atoms with Crippen molar-refractivity contribution in [2.75, 3.05) is 17.7 Å². The van der Waals surface area contributed by atoms with E-state index in [1.54, 1.807) is 24.3 Å². The molecular formula is C21H23F2N7O2. The van der Waals surface area contributed by atoms with Crippen molar-refractivity contribution >= 4 is 23.2 Å². The highest BCUT2D eigenvalue weighted by atomic mass is 19.3. The lowest BCUT2D eigenvalue weighted by Gasteiger charge is -2.17. The number of hydrogen-bond acceptors (Lipinski definition) is 8. The molecule has 0 aromatic carbocycles. The molecule has 0 fully saturated rings. The fourth-order valence-corrected chi connectivity index (χ4v) is 2.74. The van der Waals surface area contributed by atoms with Crippen molar-refractivity contribution in [3.05, 3.63) is 42.0 Å². The van der Waals surface area contributed by atoms with Gasteiger partial charge in [0, 0.05) is 49.5 Å². The summed E-state index contributed by atoms with van der Waals surface area (Å²) in [4.78, 5) is 23.7. The first-order chi connectivity index (χ1) is 15.1. The van der Waals surface area contributed by atoms with Crippen LogP contribution in [0.2, 0.25) is 0 Å². The third kappa shape index (κ3) is 5.48. The number of nitrogens with one attached hydrogen (secondary N) is 2. The number of nitrogens with zero attached hydrogens (tertiary/aromatic N) is 5. The normalized spacial score (nSPS) is 11.4. The van der Waals surface area contributed by atoms with Gasteiger partial charge >= 0.3 is 5.92 Å². The van der Waals surface area contributed by atoms with Crippen molar-refractivity contribution in [2.45, 2.75) is 39.5 Å². The molecule has 0 radical (unpaired) electrons. The van der Waals surface area contributed by atoms with Gasteiger partial charge < -0.3 is 15.4 Å². The predicted octanol–water partition coefficient (Wildman–Crippen LogP) is 4.27. The first kappa shape index (κ1) is 22.9. The second-order valence-electron chi connectivity index (χ2n) is 7.43. The molecule has 32 heavy (non-hydrogen) atoms. The van der Waals surface area contributed by atoms with Gasteiger partial charge in [-0.15, -0.1) is 10.2 Å². The highest BCUT2D eigenvalue weighted by Gasteiger charge is 2.29. The molecule has 1 amide bonds. The van der Waals surface area contributed by atoms with E-state index in [2.05, 4.69) is 35.8 Å². The molecule has 0 unspecified atom stereocenters. The Labute approximate surface area is 183 Å². The zero-order valence-electron chi connectivity index (χ0n) is 18.3. The van der Waals surface area contributed by atoms with Gasteiger partial charge in [0.25, 0.3) is 0 Å². The minimum Gasteiger partial charge on any atom is -0.480 e. The summed E-state index contributed by atoms with van der Waals surface area (Å²) in [5.74, 6) is -3.44. The first-order valence-corrected chi connectivity index (χ1v) is 9.77. The Morgan fingerprint density at radius 1 is 1.12 bits per heavy atom. The number of amides is 1. The summed E-state index contributed by atoms with van der Waals surface area (Å²) >= 11 is 0. The molecule has 0 aliphatic carbocycles. The number of methoxy groups -OCH3 is 1. The third-order valence-corrected chi connectivity index (χ3v) is 4.33. The smallest absolute Gasteiger partial charge is 0.303 e. The molecule has 3 aromatic rings. The highest BCUT2D eigenvalue weighted by molar-refractivity contribution is 5.89. The van der Waals surface area contributed by atoms with Crippen LogP contribution in [0.15, 0.2) is 30.5 Å². The largest absolute Gasteiger partial charge is 0.480 e. The van der Waals surface area contributed by atoms with Gasteiger partial charge in [-0.25, -0.2) is 15.0 Å². The standard InChI is InChI=1S/C21H23F2N7O2/c1-11(2)15-8-18(28-20(27-15)21(4,22)23)26-16-9-17(25-12(3)31)24-10-13(16)14-6-7-19(32-5)30-29-14/h6-11H,1-5H3,(H2,24,25,26,27,28,31). The van der Waals surface area contributed by atoms with Crippen LogP contribution < -0.4 is 15.4 Å². The Morgan fingerprint density at radius 3 is 2.44 bits per heavy atom. The van der Waals surface area contributed by atoms with Crippen LogP contribution in [0.1, 0.15) is 45.1 Å². The van der Waals surface area contributed by atoms with Crippen molar-refractivity contribution in [2.24, 2.45) is 0 Å². The maximum Gasteiger partial charge on any atom is 0.303 e. The van der Waals surface area contributed by atoms with Crippen LogP contribution in [0, 0.1) is 0 Å². The minimum atomic E-state index is -3.22. The van der Waals surface area contributed by atoms with E-state index in [4.69, 9.17) is 4.74 Å². The fraction of sp³-hybridized carbons (Fsp3) is 0.333. The number of aromatic nitrogens is 5. The van der Waals surface area contributed by atoms with Gasteiger partial charge in [-0.1, -0.05) is 13.8 Å². The Morgan fingerprint density at radius 2 is 1.88 bits per heavy atom. The van der Waals surface area contributed by atoms with Crippen LogP contribution in [0.4, 0.5) is 26.1 Å². The molecule has 0 aliphatic heterocycles. The van der Waals surface area contributed by atoms with Gasteiger partial charge in [0.05, 0.1) is 18.5 Å². The Kier molecular flexibility index (Phi) is 6.56. The fourth-order valence-electron chi connectivity index (χ4n) is 2.74. The second-order valence-corrected chi connectivity index (χ2v) is 7.43. The summed E-state index contributed by atoms with van der Waals surface area (Å²) < 4.78 is 33.0. The molecule has 0 aliphatic rings. The summed E-state index contributed by atoms with van der Waals surface area (Å²) in [5.41, 5.74) is 1.86. The van der Waals surface area contributed by atoms with Crippen LogP contribution in [0.3, 0.4) is 0 Å². The van der Waals surface area contributed by atoms with Crippen molar-refractivity contribution in [1.29, 1.82) is 0 Å². The molecule has 3 rings (SSSR count). The summed E-state index contributed by atoms with van der Waals surface area (Å²) in [6.07, 6.45) is 1.49. The lowest BCUT2D eigenvalue weighted by molar-refractivity contribution is -0.114. The van der Waals surface area contributed by atoms with Gasteiger partial charge in [0.15, 0.2) is 0 Å².